The van der Waals surface area contributed by atoms with E-state index < -0.39 is 0 Å². The van der Waals surface area contributed by atoms with Crippen LogP contribution in [0.5, 0.6) is 5.75 Å². The van der Waals surface area contributed by atoms with Gasteiger partial charge in [-0.1, -0.05) is 18.2 Å². The lowest BCUT2D eigenvalue weighted by Crippen LogP contribution is -2.30. The molecule has 4 nitrogen and oxygen atoms in total. The molecule has 2 aromatic carbocycles. The van der Waals surface area contributed by atoms with Gasteiger partial charge in [-0.2, -0.15) is 0 Å². The van der Waals surface area contributed by atoms with Gasteiger partial charge in [0.05, 0.1) is 5.69 Å². The molecular weight excluding hydrogens is 266 g/mol. The summed E-state index contributed by atoms with van der Waals surface area (Å²) in [5.41, 5.74) is 2.72. The van der Waals surface area contributed by atoms with Crippen molar-refractivity contribution < 1.29 is 14.3 Å². The van der Waals surface area contributed by atoms with Crippen LogP contribution in [0.3, 0.4) is 0 Å². The van der Waals surface area contributed by atoms with Crippen molar-refractivity contribution in [3.8, 4) is 5.75 Å². The Kier molecular flexibility index (Phi) is 3.44. The van der Waals surface area contributed by atoms with Gasteiger partial charge < -0.3 is 4.74 Å². The van der Waals surface area contributed by atoms with E-state index in [1.54, 1.807) is 11.0 Å². The van der Waals surface area contributed by atoms with Gasteiger partial charge in [-0.25, -0.2) is 0 Å². The predicted octanol–water partition coefficient (Wildman–Crippen LogP) is 3.22. The molecular formula is C17H15NO3. The smallest absolute Gasteiger partial charge is 0.308 e. The van der Waals surface area contributed by atoms with E-state index in [0.717, 1.165) is 16.9 Å². The lowest BCUT2D eigenvalue weighted by molar-refractivity contribution is -0.131. The Morgan fingerprint density at radius 3 is 2.57 bits per heavy atom. The third-order valence-corrected chi connectivity index (χ3v) is 3.43. The summed E-state index contributed by atoms with van der Waals surface area (Å²) in [5.74, 6) is 0.249. The molecule has 1 heterocycles. The van der Waals surface area contributed by atoms with E-state index >= 15 is 0 Å². The normalized spacial score (nSPS) is 13.8. The van der Waals surface area contributed by atoms with Gasteiger partial charge in [-0.05, 0) is 42.3 Å². The molecule has 0 saturated carbocycles. The lowest BCUT2D eigenvalue weighted by Gasteiger charge is -2.29. The minimum atomic E-state index is -0.346. The minimum Gasteiger partial charge on any atom is -0.427 e. The molecule has 0 fully saturated rings. The number of fused-ring (bicyclic) bond motifs is 1. The number of amides is 1. The van der Waals surface area contributed by atoms with Crippen LogP contribution in [0.15, 0.2) is 48.5 Å². The molecule has 0 saturated heterocycles. The Morgan fingerprint density at radius 1 is 1.10 bits per heavy atom. The quantitative estimate of drug-likeness (QED) is 0.627. The summed E-state index contributed by atoms with van der Waals surface area (Å²) in [6, 6.07) is 14.9. The molecule has 21 heavy (non-hydrogen) atoms. The molecule has 106 valence electrons. The molecule has 0 N–H and O–H groups in total. The number of carbonyl (C=O) groups excluding carboxylic acids is 2. The van der Waals surface area contributed by atoms with E-state index in [2.05, 4.69) is 0 Å². The van der Waals surface area contributed by atoms with Gasteiger partial charge in [-0.3, -0.25) is 14.5 Å². The second kappa shape index (κ2) is 5.40. The summed E-state index contributed by atoms with van der Waals surface area (Å²) in [6.07, 6.45) is 1.11. The molecule has 1 aliphatic rings. The molecule has 0 atom stereocenters. The maximum absolute atomic E-state index is 12.3. The highest BCUT2D eigenvalue weighted by atomic mass is 16.5. The first-order valence-electron chi connectivity index (χ1n) is 6.84. The van der Waals surface area contributed by atoms with Crippen LogP contribution in [0.1, 0.15) is 18.9 Å². The maximum Gasteiger partial charge on any atom is 0.308 e. The molecule has 1 aliphatic heterocycles. The number of hydrogen-bond acceptors (Lipinski definition) is 3. The Morgan fingerprint density at radius 2 is 1.86 bits per heavy atom. The largest absolute Gasteiger partial charge is 0.427 e. The number of benzene rings is 2. The highest BCUT2D eigenvalue weighted by molar-refractivity contribution is 6.03. The highest BCUT2D eigenvalue weighted by Gasteiger charge is 2.25. The Labute approximate surface area is 123 Å². The van der Waals surface area contributed by atoms with Crippen LogP contribution in [0, 0.1) is 0 Å². The minimum absolute atomic E-state index is 0.0777. The molecule has 4 heteroatoms. The molecule has 3 rings (SSSR count). The summed E-state index contributed by atoms with van der Waals surface area (Å²) in [4.78, 5) is 25.0. The van der Waals surface area contributed by atoms with Gasteiger partial charge in [0.1, 0.15) is 5.75 Å². The first kappa shape index (κ1) is 13.4. The number of rotatable bonds is 2. The third-order valence-electron chi connectivity index (χ3n) is 3.43. The molecule has 1 amide bonds. The topological polar surface area (TPSA) is 46.6 Å². The van der Waals surface area contributed by atoms with Crippen molar-refractivity contribution in [3.05, 3.63) is 54.1 Å². The third kappa shape index (κ3) is 2.65. The van der Waals surface area contributed by atoms with Crippen LogP contribution in [0.2, 0.25) is 0 Å². The second-order valence-corrected chi connectivity index (χ2v) is 4.95. The summed E-state index contributed by atoms with van der Waals surface area (Å²) in [7, 11) is 0. The standard InChI is InChI=1S/C17H15NO3/c1-12(19)21-15-8-9-16-13(11-15)7-10-17(20)18(16)14-5-3-2-4-6-14/h2-6,8-9,11H,7,10H2,1H3. The zero-order valence-electron chi connectivity index (χ0n) is 11.7. The highest BCUT2D eigenvalue weighted by Crippen LogP contribution is 2.36. The molecule has 0 spiro atoms. The molecule has 0 bridgehead atoms. The van der Waals surface area contributed by atoms with Gasteiger partial charge in [0.15, 0.2) is 0 Å². The molecule has 2 aromatic rings. The van der Waals surface area contributed by atoms with Crippen molar-refractivity contribution in [2.45, 2.75) is 19.8 Å². The average molecular weight is 281 g/mol. The first-order valence-corrected chi connectivity index (χ1v) is 6.84. The van der Waals surface area contributed by atoms with Crippen LogP contribution in [-0.2, 0) is 16.0 Å². The average Bonchev–Trinajstić information content (AvgIpc) is 2.47. The summed E-state index contributed by atoms with van der Waals surface area (Å²) in [6.45, 7) is 1.37. The second-order valence-electron chi connectivity index (χ2n) is 4.95. The molecule has 0 aromatic heterocycles. The van der Waals surface area contributed by atoms with Crippen molar-refractivity contribution in [2.75, 3.05) is 4.90 Å². The summed E-state index contributed by atoms with van der Waals surface area (Å²) < 4.78 is 5.11. The first-order chi connectivity index (χ1) is 10.1. The van der Waals surface area contributed by atoms with Crippen LogP contribution in [0.4, 0.5) is 11.4 Å². The van der Waals surface area contributed by atoms with Crippen LogP contribution in [-0.4, -0.2) is 11.9 Å². The van der Waals surface area contributed by atoms with Crippen molar-refractivity contribution in [1.29, 1.82) is 0 Å². The van der Waals surface area contributed by atoms with Gasteiger partial charge in [0.2, 0.25) is 5.91 Å². The number of anilines is 2. The van der Waals surface area contributed by atoms with Crippen molar-refractivity contribution in [2.24, 2.45) is 0 Å². The summed E-state index contributed by atoms with van der Waals surface area (Å²) >= 11 is 0. The fraction of sp³-hybridized carbons (Fsp3) is 0.176. The Balaban J connectivity index is 2.02. The van der Waals surface area contributed by atoms with Gasteiger partial charge in [0.25, 0.3) is 0 Å². The van der Waals surface area contributed by atoms with E-state index in [4.69, 9.17) is 4.74 Å². The SMILES string of the molecule is CC(=O)Oc1ccc2c(c1)CCC(=O)N2c1ccccc1. The number of hydrogen-bond donors (Lipinski definition) is 0. The van der Waals surface area contributed by atoms with E-state index in [-0.39, 0.29) is 11.9 Å². The Hall–Kier alpha value is -2.62. The Bertz CT molecular complexity index is 694. The monoisotopic (exact) mass is 281 g/mol. The van der Waals surface area contributed by atoms with Crippen LogP contribution >= 0.6 is 0 Å². The fourth-order valence-corrected chi connectivity index (χ4v) is 2.56. The maximum atomic E-state index is 12.3. The number of aryl methyl sites for hydroxylation is 1. The zero-order valence-corrected chi connectivity index (χ0v) is 11.7. The number of ether oxygens (including phenoxy) is 1. The lowest BCUT2D eigenvalue weighted by atomic mass is 10.00. The van der Waals surface area contributed by atoms with Crippen LogP contribution < -0.4 is 9.64 Å². The number of para-hydroxylation sites is 1. The molecule has 0 aliphatic carbocycles. The van der Waals surface area contributed by atoms with Gasteiger partial charge in [0, 0.05) is 19.0 Å². The number of nitrogens with zero attached hydrogens (tertiary/aromatic N) is 1. The van der Waals surface area contributed by atoms with Crippen LogP contribution in [0.25, 0.3) is 0 Å². The van der Waals surface area contributed by atoms with Crippen molar-refractivity contribution in [1.82, 2.24) is 0 Å². The molecule has 0 unspecified atom stereocenters. The fourth-order valence-electron chi connectivity index (χ4n) is 2.56. The zero-order chi connectivity index (χ0) is 14.8. The van der Waals surface area contributed by atoms with E-state index in [1.165, 1.54) is 6.92 Å². The van der Waals surface area contributed by atoms with Crippen molar-refractivity contribution in [3.63, 3.8) is 0 Å². The van der Waals surface area contributed by atoms with E-state index in [1.807, 2.05) is 42.5 Å². The predicted molar refractivity (Wildman–Crippen MR) is 79.7 cm³/mol. The summed E-state index contributed by atoms with van der Waals surface area (Å²) in [5, 5.41) is 0. The van der Waals surface area contributed by atoms with Crippen molar-refractivity contribution >= 4 is 23.3 Å². The molecule has 0 radical (unpaired) electrons. The van der Waals surface area contributed by atoms with Gasteiger partial charge >= 0.3 is 5.97 Å². The number of esters is 1. The number of carbonyl (C=O) groups is 2. The van der Waals surface area contributed by atoms with E-state index in [0.29, 0.717) is 18.6 Å². The van der Waals surface area contributed by atoms with E-state index in [9.17, 15) is 9.59 Å². The van der Waals surface area contributed by atoms with Gasteiger partial charge in [-0.15, -0.1) is 0 Å².